The van der Waals surface area contributed by atoms with Crippen molar-refractivity contribution >= 4 is 11.8 Å². The molecule has 0 fully saturated rings. The van der Waals surface area contributed by atoms with E-state index in [9.17, 15) is 0 Å². The number of hydrogen-bond acceptors (Lipinski definition) is 1. The van der Waals surface area contributed by atoms with Crippen LogP contribution in [0.15, 0.2) is 66.2 Å². The number of rotatable bonds is 4. The van der Waals surface area contributed by atoms with Crippen molar-refractivity contribution in [1.29, 1.82) is 0 Å². The maximum atomic E-state index is 3.49. The average Bonchev–Trinajstić information content (AvgIpc) is 2.41. The molecular weight excluding hydrogens is 269 g/mol. The van der Waals surface area contributed by atoms with Gasteiger partial charge in [-0.3, -0.25) is 0 Å². The third kappa shape index (κ3) is 4.98. The van der Waals surface area contributed by atoms with Gasteiger partial charge < -0.3 is 5.32 Å². The van der Waals surface area contributed by atoms with Crippen LogP contribution in [0.1, 0.15) is 19.4 Å². The zero-order chi connectivity index (χ0) is 12.8. The van der Waals surface area contributed by atoms with Crippen LogP contribution in [0.3, 0.4) is 0 Å². The van der Waals surface area contributed by atoms with Crippen molar-refractivity contribution in [3.63, 3.8) is 0 Å². The van der Waals surface area contributed by atoms with Gasteiger partial charge >= 0.3 is 0 Å². The topological polar surface area (TPSA) is 12.0 Å². The van der Waals surface area contributed by atoms with Crippen molar-refractivity contribution in [3.8, 4) is 0 Å². The normalized spacial score (nSPS) is 12.4. The van der Waals surface area contributed by atoms with E-state index in [-0.39, 0.29) is 18.6 Å². The first-order chi connectivity index (χ1) is 8.75. The molecular formula is C17H19NV. The van der Waals surface area contributed by atoms with E-state index in [1.165, 1.54) is 11.1 Å². The van der Waals surface area contributed by atoms with Crippen LogP contribution in [0, 0.1) is 0 Å². The molecule has 2 heteroatoms. The van der Waals surface area contributed by atoms with Crippen LogP contribution in [0.2, 0.25) is 0 Å². The largest absolute Gasteiger partial charge is 0.379 e. The van der Waals surface area contributed by atoms with Crippen molar-refractivity contribution < 1.29 is 18.6 Å². The molecule has 0 amide bonds. The van der Waals surface area contributed by atoms with Crippen LogP contribution in [-0.2, 0) is 18.6 Å². The van der Waals surface area contributed by atoms with Crippen LogP contribution in [0.4, 0.5) is 5.69 Å². The molecule has 97 valence electrons. The van der Waals surface area contributed by atoms with Crippen molar-refractivity contribution in [2.45, 2.75) is 19.9 Å². The molecule has 0 aliphatic rings. The molecule has 1 radical (unpaired) electrons. The van der Waals surface area contributed by atoms with Gasteiger partial charge in [0.05, 0.1) is 0 Å². The Morgan fingerprint density at radius 1 is 0.947 bits per heavy atom. The zero-order valence-corrected chi connectivity index (χ0v) is 12.8. The van der Waals surface area contributed by atoms with Gasteiger partial charge in [-0.25, -0.2) is 0 Å². The Labute approximate surface area is 127 Å². The fourth-order valence-corrected chi connectivity index (χ4v) is 1.84. The average molecular weight is 288 g/mol. The van der Waals surface area contributed by atoms with E-state index < -0.39 is 0 Å². The molecule has 0 aromatic heterocycles. The van der Waals surface area contributed by atoms with Crippen LogP contribution < -0.4 is 5.32 Å². The molecule has 1 atom stereocenters. The van der Waals surface area contributed by atoms with Crippen LogP contribution in [-0.4, -0.2) is 6.04 Å². The van der Waals surface area contributed by atoms with Gasteiger partial charge in [-0.1, -0.05) is 60.2 Å². The molecule has 0 bridgehead atoms. The maximum absolute atomic E-state index is 3.49. The minimum absolute atomic E-state index is 0. The molecule has 0 heterocycles. The van der Waals surface area contributed by atoms with Crippen molar-refractivity contribution in [2.75, 3.05) is 5.32 Å². The number of para-hydroxylation sites is 1. The molecule has 1 nitrogen and oxygen atoms in total. The molecule has 0 spiro atoms. The Kier molecular flexibility index (Phi) is 6.48. The minimum atomic E-state index is 0. The Bertz CT molecular complexity index is 505. The van der Waals surface area contributed by atoms with E-state index in [1.54, 1.807) is 0 Å². The van der Waals surface area contributed by atoms with Gasteiger partial charge in [0.25, 0.3) is 0 Å². The second-order valence-electron chi connectivity index (χ2n) is 4.53. The molecule has 2 aromatic rings. The van der Waals surface area contributed by atoms with Crippen LogP contribution in [0.5, 0.6) is 0 Å². The van der Waals surface area contributed by atoms with Gasteiger partial charge in [-0.15, -0.1) is 0 Å². The summed E-state index contributed by atoms with van der Waals surface area (Å²) in [5.74, 6) is 0. The van der Waals surface area contributed by atoms with E-state index in [4.69, 9.17) is 0 Å². The van der Waals surface area contributed by atoms with E-state index >= 15 is 0 Å². The van der Waals surface area contributed by atoms with E-state index in [0.717, 1.165) is 5.69 Å². The van der Waals surface area contributed by atoms with Gasteiger partial charge in [0.2, 0.25) is 0 Å². The van der Waals surface area contributed by atoms with E-state index in [1.807, 2.05) is 24.3 Å². The smallest absolute Gasteiger partial charge is 0.0446 e. The monoisotopic (exact) mass is 288 g/mol. The SMILES string of the molecule is C/C(=C\c1ccccc1)C(C)Nc1ccccc1.[V]. The Morgan fingerprint density at radius 3 is 2.05 bits per heavy atom. The maximum Gasteiger partial charge on any atom is 0.0446 e. The molecule has 1 N–H and O–H groups in total. The number of hydrogen-bond donors (Lipinski definition) is 1. The molecule has 2 aromatic carbocycles. The minimum Gasteiger partial charge on any atom is -0.379 e. The van der Waals surface area contributed by atoms with E-state index in [0.29, 0.717) is 6.04 Å². The van der Waals surface area contributed by atoms with Gasteiger partial charge in [-0.2, -0.15) is 0 Å². The fraction of sp³-hybridized carbons (Fsp3) is 0.176. The molecule has 19 heavy (non-hydrogen) atoms. The van der Waals surface area contributed by atoms with Crippen molar-refractivity contribution in [2.24, 2.45) is 0 Å². The second-order valence-corrected chi connectivity index (χ2v) is 4.53. The summed E-state index contributed by atoms with van der Waals surface area (Å²) in [4.78, 5) is 0. The summed E-state index contributed by atoms with van der Waals surface area (Å²) >= 11 is 0. The summed E-state index contributed by atoms with van der Waals surface area (Å²) in [6.45, 7) is 4.34. The first kappa shape index (κ1) is 15.6. The molecule has 0 aliphatic carbocycles. The molecule has 0 saturated carbocycles. The molecule has 2 rings (SSSR count). The predicted octanol–water partition coefficient (Wildman–Crippen LogP) is 4.59. The standard InChI is InChI=1S/C17H19N.V/c1-14(13-16-9-5-3-6-10-16)15(2)18-17-11-7-4-8-12-17;/h3-13,15,18H,1-2H3;/b14-13+;. The summed E-state index contributed by atoms with van der Waals surface area (Å²) in [5, 5.41) is 3.49. The van der Waals surface area contributed by atoms with Gasteiger partial charge in [-0.05, 0) is 31.5 Å². The Hall–Kier alpha value is -1.44. The van der Waals surface area contributed by atoms with Gasteiger partial charge in [0, 0.05) is 30.3 Å². The van der Waals surface area contributed by atoms with Gasteiger partial charge in [0.1, 0.15) is 0 Å². The third-order valence-corrected chi connectivity index (χ3v) is 3.03. The van der Waals surface area contributed by atoms with Gasteiger partial charge in [0.15, 0.2) is 0 Å². The first-order valence-electron chi connectivity index (χ1n) is 6.30. The van der Waals surface area contributed by atoms with E-state index in [2.05, 4.69) is 61.6 Å². The Morgan fingerprint density at radius 2 is 1.47 bits per heavy atom. The summed E-state index contributed by atoms with van der Waals surface area (Å²) in [6.07, 6.45) is 2.22. The second kappa shape index (κ2) is 7.88. The fourth-order valence-electron chi connectivity index (χ4n) is 1.84. The molecule has 0 aliphatic heterocycles. The van der Waals surface area contributed by atoms with Crippen molar-refractivity contribution in [1.82, 2.24) is 0 Å². The number of benzene rings is 2. The zero-order valence-electron chi connectivity index (χ0n) is 11.4. The predicted molar refractivity (Wildman–Crippen MR) is 79.6 cm³/mol. The third-order valence-electron chi connectivity index (χ3n) is 3.03. The summed E-state index contributed by atoms with van der Waals surface area (Å²) in [5.41, 5.74) is 3.73. The molecule has 1 unspecified atom stereocenters. The number of nitrogens with one attached hydrogen (secondary N) is 1. The summed E-state index contributed by atoms with van der Waals surface area (Å²) < 4.78 is 0. The Balaban J connectivity index is 0.00000180. The first-order valence-corrected chi connectivity index (χ1v) is 6.30. The quantitative estimate of drug-likeness (QED) is 0.867. The van der Waals surface area contributed by atoms with Crippen molar-refractivity contribution in [3.05, 3.63) is 71.8 Å². The number of anilines is 1. The van der Waals surface area contributed by atoms with Crippen LogP contribution in [0.25, 0.3) is 6.08 Å². The van der Waals surface area contributed by atoms with Crippen LogP contribution >= 0.6 is 0 Å². The summed E-state index contributed by atoms with van der Waals surface area (Å²) in [7, 11) is 0. The summed E-state index contributed by atoms with van der Waals surface area (Å²) in [6, 6.07) is 21.0. The molecule has 0 saturated heterocycles.